The predicted octanol–water partition coefficient (Wildman–Crippen LogP) is 2.98. The number of hydrogen-bond acceptors (Lipinski definition) is 4. The van der Waals surface area contributed by atoms with Crippen LogP contribution in [-0.4, -0.2) is 25.0 Å². The van der Waals surface area contributed by atoms with E-state index in [2.05, 4.69) is 4.98 Å². The predicted molar refractivity (Wildman–Crippen MR) is 72.2 cm³/mol. The number of ketones is 1. The SMILES string of the molecule is COc1cccc(OC)c1C(=O)c1ccnc(Cl)c1. The largest absolute Gasteiger partial charge is 0.496 e. The fourth-order valence-electron chi connectivity index (χ4n) is 1.76. The highest BCUT2D eigenvalue weighted by atomic mass is 35.5. The van der Waals surface area contributed by atoms with Crippen LogP contribution in [0.25, 0.3) is 0 Å². The molecule has 0 fully saturated rings. The quantitative estimate of drug-likeness (QED) is 0.637. The Balaban J connectivity index is 2.55. The molecule has 1 heterocycles. The van der Waals surface area contributed by atoms with Crippen molar-refractivity contribution in [3.63, 3.8) is 0 Å². The van der Waals surface area contributed by atoms with Gasteiger partial charge in [-0.15, -0.1) is 0 Å². The fourth-order valence-corrected chi connectivity index (χ4v) is 1.94. The minimum atomic E-state index is -0.224. The zero-order chi connectivity index (χ0) is 13.8. The number of methoxy groups -OCH3 is 2. The highest BCUT2D eigenvalue weighted by molar-refractivity contribution is 6.30. The second kappa shape index (κ2) is 5.71. The van der Waals surface area contributed by atoms with E-state index in [0.717, 1.165) is 0 Å². The van der Waals surface area contributed by atoms with Crippen LogP contribution < -0.4 is 9.47 Å². The number of aromatic nitrogens is 1. The molecule has 0 amide bonds. The zero-order valence-electron chi connectivity index (χ0n) is 10.5. The summed E-state index contributed by atoms with van der Waals surface area (Å²) in [6, 6.07) is 8.28. The van der Waals surface area contributed by atoms with Crippen molar-refractivity contribution in [1.29, 1.82) is 0 Å². The number of hydrogen-bond donors (Lipinski definition) is 0. The summed E-state index contributed by atoms with van der Waals surface area (Å²) in [5.74, 6) is 0.688. The van der Waals surface area contributed by atoms with Crippen molar-refractivity contribution in [2.75, 3.05) is 14.2 Å². The van der Waals surface area contributed by atoms with Gasteiger partial charge >= 0.3 is 0 Å². The van der Waals surface area contributed by atoms with Crippen LogP contribution in [0.15, 0.2) is 36.5 Å². The lowest BCUT2D eigenvalue weighted by molar-refractivity contribution is 0.103. The van der Waals surface area contributed by atoms with Gasteiger partial charge in [-0.25, -0.2) is 4.98 Å². The molecule has 1 aromatic heterocycles. The molecule has 0 radical (unpaired) electrons. The molecular formula is C14H12ClNO3. The van der Waals surface area contributed by atoms with E-state index in [0.29, 0.717) is 22.6 Å². The molecule has 5 heteroatoms. The molecule has 0 unspecified atom stereocenters. The van der Waals surface area contributed by atoms with Crippen LogP contribution in [0.3, 0.4) is 0 Å². The van der Waals surface area contributed by atoms with Crippen LogP contribution in [0.4, 0.5) is 0 Å². The summed E-state index contributed by atoms with van der Waals surface area (Å²) in [4.78, 5) is 16.4. The molecule has 98 valence electrons. The first-order chi connectivity index (χ1) is 9.17. The molecule has 2 rings (SSSR count). The van der Waals surface area contributed by atoms with E-state index in [4.69, 9.17) is 21.1 Å². The van der Waals surface area contributed by atoms with Gasteiger partial charge in [-0.1, -0.05) is 17.7 Å². The monoisotopic (exact) mass is 277 g/mol. The molecule has 0 aliphatic rings. The van der Waals surface area contributed by atoms with Gasteiger partial charge in [-0.3, -0.25) is 4.79 Å². The first-order valence-electron chi connectivity index (χ1n) is 5.54. The maximum atomic E-state index is 12.5. The van der Waals surface area contributed by atoms with Gasteiger partial charge in [0.05, 0.1) is 14.2 Å². The van der Waals surface area contributed by atoms with Gasteiger partial charge in [0.1, 0.15) is 22.2 Å². The van der Waals surface area contributed by atoms with Gasteiger partial charge in [0.15, 0.2) is 0 Å². The van der Waals surface area contributed by atoms with Crippen LogP contribution in [0, 0.1) is 0 Å². The molecular weight excluding hydrogens is 266 g/mol. The maximum Gasteiger partial charge on any atom is 0.200 e. The number of nitrogens with zero attached hydrogens (tertiary/aromatic N) is 1. The second-order valence-electron chi connectivity index (χ2n) is 3.73. The Bertz CT molecular complexity index is 591. The van der Waals surface area contributed by atoms with Crippen molar-refractivity contribution < 1.29 is 14.3 Å². The van der Waals surface area contributed by atoms with E-state index >= 15 is 0 Å². The number of carbonyl (C=O) groups excluding carboxylic acids is 1. The average Bonchev–Trinajstić information content (AvgIpc) is 2.45. The van der Waals surface area contributed by atoms with Crippen LogP contribution in [0.5, 0.6) is 11.5 Å². The van der Waals surface area contributed by atoms with Crippen molar-refractivity contribution >= 4 is 17.4 Å². The van der Waals surface area contributed by atoms with Gasteiger partial charge < -0.3 is 9.47 Å². The van der Waals surface area contributed by atoms with E-state index in [1.807, 2.05) is 0 Å². The highest BCUT2D eigenvalue weighted by Gasteiger charge is 2.19. The van der Waals surface area contributed by atoms with Crippen LogP contribution >= 0.6 is 11.6 Å². The third-order valence-electron chi connectivity index (χ3n) is 2.64. The Hall–Kier alpha value is -2.07. The van der Waals surface area contributed by atoms with E-state index in [9.17, 15) is 4.79 Å². The molecule has 0 aliphatic carbocycles. The fraction of sp³-hybridized carbons (Fsp3) is 0.143. The molecule has 0 spiro atoms. The smallest absolute Gasteiger partial charge is 0.200 e. The normalized spacial score (nSPS) is 10.1. The van der Waals surface area contributed by atoms with Crippen molar-refractivity contribution in [3.8, 4) is 11.5 Å². The summed E-state index contributed by atoms with van der Waals surface area (Å²) in [6.07, 6.45) is 1.48. The average molecular weight is 278 g/mol. The Labute approximate surface area is 115 Å². The number of pyridine rings is 1. The molecule has 0 saturated heterocycles. The molecule has 0 N–H and O–H groups in total. The highest BCUT2D eigenvalue weighted by Crippen LogP contribution is 2.30. The summed E-state index contributed by atoms with van der Waals surface area (Å²) in [5.41, 5.74) is 0.803. The Morgan fingerprint density at radius 2 is 1.79 bits per heavy atom. The molecule has 0 atom stereocenters. The van der Waals surface area contributed by atoms with Crippen LogP contribution in [-0.2, 0) is 0 Å². The number of ether oxygens (including phenoxy) is 2. The molecule has 1 aromatic carbocycles. The number of benzene rings is 1. The van der Waals surface area contributed by atoms with Gasteiger partial charge in [-0.2, -0.15) is 0 Å². The Morgan fingerprint density at radius 3 is 2.32 bits per heavy atom. The number of halogens is 1. The molecule has 0 saturated carbocycles. The zero-order valence-corrected chi connectivity index (χ0v) is 11.3. The van der Waals surface area contributed by atoms with E-state index in [1.165, 1.54) is 26.5 Å². The number of rotatable bonds is 4. The minimum absolute atomic E-state index is 0.224. The van der Waals surface area contributed by atoms with Crippen molar-refractivity contribution in [3.05, 3.63) is 52.8 Å². The van der Waals surface area contributed by atoms with E-state index < -0.39 is 0 Å². The Morgan fingerprint density at radius 1 is 1.16 bits per heavy atom. The third-order valence-corrected chi connectivity index (χ3v) is 2.85. The third kappa shape index (κ3) is 2.69. The standard InChI is InChI=1S/C14H12ClNO3/c1-18-10-4-3-5-11(19-2)13(10)14(17)9-6-7-16-12(15)8-9/h3-8H,1-2H3. The number of carbonyl (C=O) groups is 1. The molecule has 19 heavy (non-hydrogen) atoms. The minimum Gasteiger partial charge on any atom is -0.496 e. The van der Waals surface area contributed by atoms with Gasteiger partial charge in [0, 0.05) is 11.8 Å². The Kier molecular flexibility index (Phi) is 4.02. The lowest BCUT2D eigenvalue weighted by atomic mass is 10.0. The van der Waals surface area contributed by atoms with Crippen molar-refractivity contribution in [1.82, 2.24) is 4.98 Å². The van der Waals surface area contributed by atoms with Crippen LogP contribution in [0.1, 0.15) is 15.9 Å². The molecule has 0 aliphatic heterocycles. The van der Waals surface area contributed by atoms with E-state index in [1.54, 1.807) is 24.3 Å². The summed E-state index contributed by atoms with van der Waals surface area (Å²) in [5, 5.41) is 0.264. The molecule has 0 bridgehead atoms. The van der Waals surface area contributed by atoms with Gasteiger partial charge in [-0.05, 0) is 24.3 Å². The van der Waals surface area contributed by atoms with Crippen LogP contribution in [0.2, 0.25) is 5.15 Å². The van der Waals surface area contributed by atoms with Gasteiger partial charge in [0.2, 0.25) is 5.78 Å². The summed E-state index contributed by atoms with van der Waals surface area (Å²) < 4.78 is 10.4. The molecule has 4 nitrogen and oxygen atoms in total. The van der Waals surface area contributed by atoms with Crippen molar-refractivity contribution in [2.45, 2.75) is 0 Å². The summed E-state index contributed by atoms with van der Waals surface area (Å²) in [7, 11) is 3.01. The lowest BCUT2D eigenvalue weighted by Gasteiger charge is -2.12. The summed E-state index contributed by atoms with van der Waals surface area (Å²) in [6.45, 7) is 0. The van der Waals surface area contributed by atoms with Crippen molar-refractivity contribution in [2.24, 2.45) is 0 Å². The van der Waals surface area contributed by atoms with Gasteiger partial charge in [0.25, 0.3) is 0 Å². The second-order valence-corrected chi connectivity index (χ2v) is 4.12. The summed E-state index contributed by atoms with van der Waals surface area (Å²) >= 11 is 5.80. The molecule has 2 aromatic rings. The maximum absolute atomic E-state index is 12.5. The first kappa shape index (κ1) is 13.4. The topological polar surface area (TPSA) is 48.4 Å². The lowest BCUT2D eigenvalue weighted by Crippen LogP contribution is -2.06. The first-order valence-corrected chi connectivity index (χ1v) is 5.92. The van der Waals surface area contributed by atoms with E-state index in [-0.39, 0.29) is 10.9 Å².